The number of aliphatic hydroxyl groups is 5. The third kappa shape index (κ3) is 3.75. The van der Waals surface area contributed by atoms with Crippen molar-refractivity contribution < 1.29 is 43.3 Å². The van der Waals surface area contributed by atoms with Gasteiger partial charge < -0.3 is 30.3 Å². The maximum atomic E-state index is 10.4. The van der Waals surface area contributed by atoms with Crippen LogP contribution in [0.2, 0.25) is 0 Å². The zero-order chi connectivity index (χ0) is 13.1. The first-order chi connectivity index (χ1) is 7.12. The predicted octanol–water partition coefficient (Wildman–Crippen LogP) is -4.16. The fourth-order valence-corrected chi connectivity index (χ4v) is 1.34. The Morgan fingerprint density at radius 1 is 0.875 bits per heavy atom. The Morgan fingerprint density at radius 2 is 1.31 bits per heavy atom. The largest absolute Gasteiger partial charge is 0.387 e. The summed E-state index contributed by atoms with van der Waals surface area (Å²) >= 11 is 0. The van der Waals surface area contributed by atoms with Crippen LogP contribution in [-0.2, 0) is 14.9 Å². The fourth-order valence-electron chi connectivity index (χ4n) is 0.829. The van der Waals surface area contributed by atoms with Gasteiger partial charge in [0.25, 0.3) is 10.1 Å². The summed E-state index contributed by atoms with van der Waals surface area (Å²) in [7, 11) is -5.05. The van der Waals surface area contributed by atoms with Crippen LogP contribution in [0.15, 0.2) is 0 Å². The van der Waals surface area contributed by atoms with Crippen LogP contribution < -0.4 is 0 Å². The van der Waals surface area contributed by atoms with Crippen molar-refractivity contribution in [1.82, 2.24) is 0 Å². The van der Waals surface area contributed by atoms with Crippen LogP contribution in [-0.4, -0.2) is 74.6 Å². The lowest BCUT2D eigenvalue weighted by Crippen LogP contribution is -2.51. The minimum atomic E-state index is -5.05. The highest BCUT2D eigenvalue weighted by Crippen LogP contribution is 2.11. The molecule has 0 saturated heterocycles. The van der Waals surface area contributed by atoms with Gasteiger partial charge in [0, 0.05) is 0 Å². The van der Waals surface area contributed by atoms with Gasteiger partial charge in [0.2, 0.25) is 5.44 Å². The van der Waals surface area contributed by atoms with Crippen molar-refractivity contribution in [2.24, 2.45) is 0 Å². The van der Waals surface area contributed by atoms with E-state index in [0.29, 0.717) is 0 Å². The number of aldehydes is 1. The molecule has 0 bridgehead atoms. The van der Waals surface area contributed by atoms with Crippen LogP contribution in [0.4, 0.5) is 0 Å². The Labute approximate surface area is 90.3 Å². The zero-order valence-corrected chi connectivity index (χ0v) is 8.60. The normalized spacial score (nSPS) is 21.9. The summed E-state index contributed by atoms with van der Waals surface area (Å²) in [6.07, 6.45) is -9.26. The summed E-state index contributed by atoms with van der Waals surface area (Å²) in [4.78, 5) is 10.0. The second-order valence-corrected chi connectivity index (χ2v) is 4.52. The van der Waals surface area contributed by atoms with Gasteiger partial charge in [-0.05, 0) is 0 Å². The maximum absolute atomic E-state index is 10.4. The molecule has 10 heteroatoms. The van der Waals surface area contributed by atoms with Gasteiger partial charge in [-0.2, -0.15) is 8.42 Å². The lowest BCUT2D eigenvalue weighted by atomic mass is 10.0. The molecule has 9 nitrogen and oxygen atoms in total. The molecule has 0 rings (SSSR count). The molecule has 0 aromatic carbocycles. The van der Waals surface area contributed by atoms with Crippen LogP contribution in [0.25, 0.3) is 0 Å². The van der Waals surface area contributed by atoms with E-state index in [1.807, 2.05) is 0 Å². The molecule has 0 aliphatic heterocycles. The van der Waals surface area contributed by atoms with Gasteiger partial charge in [-0.25, -0.2) is 0 Å². The first-order valence-corrected chi connectivity index (χ1v) is 5.45. The predicted molar refractivity (Wildman–Crippen MR) is 47.6 cm³/mol. The van der Waals surface area contributed by atoms with Crippen molar-refractivity contribution >= 4 is 16.4 Å². The highest BCUT2D eigenvalue weighted by molar-refractivity contribution is 7.86. The molecule has 0 aliphatic carbocycles. The molecule has 5 atom stereocenters. The molecule has 6 N–H and O–H groups in total. The summed E-state index contributed by atoms with van der Waals surface area (Å²) in [5.41, 5.74) is -2.77. The summed E-state index contributed by atoms with van der Waals surface area (Å²) < 4.78 is 29.0. The van der Waals surface area contributed by atoms with E-state index in [-0.39, 0.29) is 6.29 Å². The number of carbonyl (C=O) groups excluding carboxylic acids is 1. The molecule has 0 aromatic heterocycles. The first-order valence-electron chi connectivity index (χ1n) is 3.94. The van der Waals surface area contributed by atoms with E-state index in [9.17, 15) is 13.2 Å². The molecule has 96 valence electrons. The van der Waals surface area contributed by atoms with E-state index in [1.54, 1.807) is 0 Å². The summed E-state index contributed by atoms with van der Waals surface area (Å²) in [6, 6.07) is 0. The van der Waals surface area contributed by atoms with Gasteiger partial charge >= 0.3 is 0 Å². The van der Waals surface area contributed by atoms with E-state index in [0.717, 1.165) is 0 Å². The molecular weight excluding hydrogens is 248 g/mol. The molecule has 5 unspecified atom stereocenters. The molecule has 0 amide bonds. The second kappa shape index (κ2) is 5.63. The number of rotatable bonds is 6. The molecule has 0 heterocycles. The quantitative estimate of drug-likeness (QED) is 0.204. The molecule has 0 radical (unpaired) electrons. The van der Waals surface area contributed by atoms with Crippen molar-refractivity contribution in [3.05, 3.63) is 0 Å². The summed E-state index contributed by atoms with van der Waals surface area (Å²) in [5, 5.41) is 44.6. The van der Waals surface area contributed by atoms with Crippen molar-refractivity contribution in [1.29, 1.82) is 0 Å². The van der Waals surface area contributed by atoms with E-state index < -0.39 is 40.0 Å². The fraction of sp³-hybridized carbons (Fsp3) is 0.833. The van der Waals surface area contributed by atoms with Crippen LogP contribution in [0, 0.1) is 0 Å². The van der Waals surface area contributed by atoms with E-state index >= 15 is 0 Å². The third-order valence-corrected chi connectivity index (χ3v) is 2.68. The van der Waals surface area contributed by atoms with Crippen LogP contribution in [0.3, 0.4) is 0 Å². The lowest BCUT2D eigenvalue weighted by Gasteiger charge is -2.25. The average Bonchev–Trinajstić information content (AvgIpc) is 2.22. The van der Waals surface area contributed by atoms with E-state index in [4.69, 9.17) is 30.1 Å². The highest BCUT2D eigenvalue weighted by atomic mass is 32.2. The van der Waals surface area contributed by atoms with E-state index in [1.165, 1.54) is 0 Å². The Bertz CT molecular complexity index is 325. The molecule has 0 spiro atoms. The SMILES string of the molecule is O=CC(O)C(O)C(O)C(O)C(O)S(=O)(=O)O. The second-order valence-electron chi connectivity index (χ2n) is 3.00. The van der Waals surface area contributed by atoms with Crippen LogP contribution in [0.5, 0.6) is 0 Å². The Hall–Kier alpha value is -0.620. The average molecular weight is 260 g/mol. The Balaban J connectivity index is 4.74. The van der Waals surface area contributed by atoms with Gasteiger partial charge in [-0.3, -0.25) is 4.55 Å². The number of aliphatic hydroxyl groups excluding tert-OH is 5. The Kier molecular flexibility index (Phi) is 5.41. The van der Waals surface area contributed by atoms with Gasteiger partial charge in [0.05, 0.1) is 0 Å². The molecule has 0 fully saturated rings. The topological polar surface area (TPSA) is 173 Å². The number of hydrogen-bond acceptors (Lipinski definition) is 8. The standard InChI is InChI=1S/C6H12O9S/c7-1-2(8)3(9)4(10)5(11)6(12)16(13,14)15/h1-6,8-12H,(H,13,14,15). The summed E-state index contributed by atoms with van der Waals surface area (Å²) in [6.45, 7) is 0. The molecular formula is C6H12O9S. The van der Waals surface area contributed by atoms with E-state index in [2.05, 4.69) is 0 Å². The van der Waals surface area contributed by atoms with Gasteiger partial charge in [-0.1, -0.05) is 0 Å². The zero-order valence-electron chi connectivity index (χ0n) is 7.78. The smallest absolute Gasteiger partial charge is 0.294 e. The maximum Gasteiger partial charge on any atom is 0.294 e. The molecule has 16 heavy (non-hydrogen) atoms. The highest BCUT2D eigenvalue weighted by Gasteiger charge is 2.39. The van der Waals surface area contributed by atoms with Gasteiger partial charge in [0.15, 0.2) is 6.29 Å². The molecule has 0 aliphatic rings. The third-order valence-electron chi connectivity index (χ3n) is 1.79. The lowest BCUT2D eigenvalue weighted by molar-refractivity contribution is -0.138. The van der Waals surface area contributed by atoms with Gasteiger partial charge in [-0.15, -0.1) is 0 Å². The monoisotopic (exact) mass is 260 g/mol. The van der Waals surface area contributed by atoms with Crippen molar-refractivity contribution in [3.8, 4) is 0 Å². The molecule has 0 aromatic rings. The van der Waals surface area contributed by atoms with Crippen molar-refractivity contribution in [2.75, 3.05) is 0 Å². The molecule has 0 saturated carbocycles. The summed E-state index contributed by atoms with van der Waals surface area (Å²) in [5.74, 6) is 0. The van der Waals surface area contributed by atoms with Crippen LogP contribution in [0.1, 0.15) is 0 Å². The minimum absolute atomic E-state index is 0.166. The minimum Gasteiger partial charge on any atom is -0.387 e. The van der Waals surface area contributed by atoms with Crippen molar-refractivity contribution in [3.63, 3.8) is 0 Å². The Morgan fingerprint density at radius 3 is 1.62 bits per heavy atom. The van der Waals surface area contributed by atoms with Crippen molar-refractivity contribution in [2.45, 2.75) is 29.9 Å². The van der Waals surface area contributed by atoms with Gasteiger partial charge in [0.1, 0.15) is 24.4 Å². The number of carbonyl (C=O) groups is 1. The van der Waals surface area contributed by atoms with Crippen LogP contribution >= 0.6 is 0 Å². The number of hydrogen-bond donors (Lipinski definition) is 6. The first kappa shape index (κ1) is 15.4.